The molecule has 1 N–H and O–H groups in total. The quantitative estimate of drug-likeness (QED) is 0.803. The second-order valence-electron chi connectivity index (χ2n) is 3.72. The topological polar surface area (TPSA) is 21.3 Å². The minimum atomic E-state index is -0.178. The first-order valence-electron chi connectivity index (χ1n) is 5.08. The number of ether oxygens (including phenoxy) is 1. The van der Waals surface area contributed by atoms with Gasteiger partial charge in [0, 0.05) is 13.2 Å². The van der Waals surface area contributed by atoms with Gasteiger partial charge in [-0.05, 0) is 43.7 Å². The van der Waals surface area contributed by atoms with E-state index in [1.807, 2.05) is 20.0 Å². The minimum Gasteiger partial charge on any atom is -0.383 e. The van der Waals surface area contributed by atoms with Gasteiger partial charge in [0.05, 0.1) is 6.61 Å². The minimum absolute atomic E-state index is 0.178. The lowest BCUT2D eigenvalue weighted by Gasteiger charge is -2.16. The van der Waals surface area contributed by atoms with Crippen LogP contribution in [0, 0.1) is 12.7 Å². The van der Waals surface area contributed by atoms with Gasteiger partial charge >= 0.3 is 0 Å². The molecule has 1 aromatic rings. The van der Waals surface area contributed by atoms with Crippen molar-refractivity contribution < 1.29 is 9.13 Å². The molecular formula is C12H18FNO. The molecule has 0 aliphatic heterocycles. The maximum absolute atomic E-state index is 13.0. The second kappa shape index (κ2) is 5.83. The molecule has 0 heterocycles. The molecule has 1 rings (SSSR count). The summed E-state index contributed by atoms with van der Waals surface area (Å²) in [5.41, 5.74) is 2.15. The van der Waals surface area contributed by atoms with E-state index in [2.05, 4.69) is 5.32 Å². The molecule has 0 spiro atoms. The largest absolute Gasteiger partial charge is 0.383 e. The smallest absolute Gasteiger partial charge is 0.123 e. The van der Waals surface area contributed by atoms with Gasteiger partial charge in [-0.15, -0.1) is 0 Å². The lowest BCUT2D eigenvalue weighted by molar-refractivity contribution is 0.169. The molecule has 15 heavy (non-hydrogen) atoms. The van der Waals surface area contributed by atoms with Crippen LogP contribution < -0.4 is 5.32 Å². The monoisotopic (exact) mass is 211 g/mol. The number of aryl methyl sites for hydroxylation is 1. The molecule has 0 bridgehead atoms. The molecule has 0 aliphatic carbocycles. The van der Waals surface area contributed by atoms with E-state index in [1.54, 1.807) is 13.2 Å². The lowest BCUT2D eigenvalue weighted by Crippen LogP contribution is -2.32. The highest BCUT2D eigenvalue weighted by Crippen LogP contribution is 2.12. The summed E-state index contributed by atoms with van der Waals surface area (Å²) in [7, 11) is 3.56. The van der Waals surface area contributed by atoms with E-state index in [0.717, 1.165) is 17.5 Å². The van der Waals surface area contributed by atoms with Crippen molar-refractivity contribution in [1.82, 2.24) is 5.32 Å². The average molecular weight is 211 g/mol. The normalized spacial score (nSPS) is 12.8. The summed E-state index contributed by atoms with van der Waals surface area (Å²) in [5.74, 6) is -0.178. The van der Waals surface area contributed by atoms with Crippen molar-refractivity contribution in [2.45, 2.75) is 19.4 Å². The SMILES string of the molecule is CNC(COC)Cc1cc(F)ccc1C. The fourth-order valence-corrected chi connectivity index (χ4v) is 1.57. The van der Waals surface area contributed by atoms with Crippen LogP contribution in [0.5, 0.6) is 0 Å². The summed E-state index contributed by atoms with van der Waals surface area (Å²) < 4.78 is 18.1. The standard InChI is InChI=1S/C12H18FNO/c1-9-4-5-11(13)6-10(9)7-12(14-2)8-15-3/h4-6,12,14H,7-8H2,1-3H3. The van der Waals surface area contributed by atoms with Crippen LogP contribution in [0.2, 0.25) is 0 Å². The number of rotatable bonds is 5. The molecule has 0 radical (unpaired) electrons. The Bertz CT molecular complexity index is 314. The van der Waals surface area contributed by atoms with Gasteiger partial charge in [0.2, 0.25) is 0 Å². The third-order valence-corrected chi connectivity index (χ3v) is 2.55. The highest BCUT2D eigenvalue weighted by molar-refractivity contribution is 5.27. The van der Waals surface area contributed by atoms with E-state index < -0.39 is 0 Å². The number of benzene rings is 1. The van der Waals surface area contributed by atoms with E-state index in [1.165, 1.54) is 6.07 Å². The fourth-order valence-electron chi connectivity index (χ4n) is 1.57. The van der Waals surface area contributed by atoms with E-state index in [4.69, 9.17) is 4.74 Å². The van der Waals surface area contributed by atoms with Gasteiger partial charge in [-0.2, -0.15) is 0 Å². The first kappa shape index (κ1) is 12.1. The Kier molecular flexibility index (Phi) is 4.72. The van der Waals surface area contributed by atoms with Gasteiger partial charge in [-0.3, -0.25) is 0 Å². The maximum Gasteiger partial charge on any atom is 0.123 e. The highest BCUT2D eigenvalue weighted by atomic mass is 19.1. The fraction of sp³-hybridized carbons (Fsp3) is 0.500. The molecule has 0 amide bonds. The summed E-state index contributed by atoms with van der Waals surface area (Å²) >= 11 is 0. The molecular weight excluding hydrogens is 193 g/mol. The summed E-state index contributed by atoms with van der Waals surface area (Å²) in [6, 6.07) is 5.12. The van der Waals surface area contributed by atoms with Gasteiger partial charge in [-0.1, -0.05) is 6.07 Å². The molecule has 1 atom stereocenters. The molecule has 0 saturated carbocycles. The number of nitrogens with one attached hydrogen (secondary N) is 1. The van der Waals surface area contributed by atoms with Crippen molar-refractivity contribution in [3.05, 3.63) is 35.1 Å². The molecule has 0 aromatic heterocycles. The van der Waals surface area contributed by atoms with Crippen LogP contribution in [0.3, 0.4) is 0 Å². The number of likely N-dealkylation sites (N-methyl/N-ethyl adjacent to an activating group) is 1. The predicted molar refractivity (Wildman–Crippen MR) is 59.6 cm³/mol. The van der Waals surface area contributed by atoms with Crippen LogP contribution in [-0.2, 0) is 11.2 Å². The molecule has 0 fully saturated rings. The third-order valence-electron chi connectivity index (χ3n) is 2.55. The highest BCUT2D eigenvalue weighted by Gasteiger charge is 2.09. The van der Waals surface area contributed by atoms with Crippen molar-refractivity contribution in [2.75, 3.05) is 20.8 Å². The Morgan fingerprint density at radius 2 is 2.20 bits per heavy atom. The van der Waals surface area contributed by atoms with Crippen molar-refractivity contribution in [3.63, 3.8) is 0 Å². The van der Waals surface area contributed by atoms with E-state index in [0.29, 0.717) is 6.61 Å². The van der Waals surface area contributed by atoms with Crippen LogP contribution in [0.4, 0.5) is 4.39 Å². The van der Waals surface area contributed by atoms with Crippen molar-refractivity contribution in [1.29, 1.82) is 0 Å². The maximum atomic E-state index is 13.0. The first-order chi connectivity index (χ1) is 7.17. The Labute approximate surface area is 90.4 Å². The van der Waals surface area contributed by atoms with Crippen LogP contribution in [0.1, 0.15) is 11.1 Å². The summed E-state index contributed by atoms with van der Waals surface area (Å²) in [5, 5.41) is 3.15. The molecule has 1 aromatic carbocycles. The molecule has 0 aliphatic rings. The first-order valence-corrected chi connectivity index (χ1v) is 5.08. The summed E-state index contributed by atoms with van der Waals surface area (Å²) in [6.45, 7) is 2.63. The number of halogens is 1. The van der Waals surface area contributed by atoms with Gasteiger partial charge in [0.15, 0.2) is 0 Å². The Balaban J connectivity index is 2.73. The number of hydrogen-bond acceptors (Lipinski definition) is 2. The van der Waals surface area contributed by atoms with Gasteiger partial charge in [0.1, 0.15) is 5.82 Å². The van der Waals surface area contributed by atoms with Crippen molar-refractivity contribution in [2.24, 2.45) is 0 Å². The van der Waals surface area contributed by atoms with Crippen LogP contribution in [0.25, 0.3) is 0 Å². The van der Waals surface area contributed by atoms with Crippen LogP contribution in [0.15, 0.2) is 18.2 Å². The second-order valence-corrected chi connectivity index (χ2v) is 3.72. The number of methoxy groups -OCH3 is 1. The molecule has 84 valence electrons. The molecule has 2 nitrogen and oxygen atoms in total. The average Bonchev–Trinajstić information content (AvgIpc) is 2.22. The Hall–Kier alpha value is -0.930. The Morgan fingerprint density at radius 3 is 2.80 bits per heavy atom. The third kappa shape index (κ3) is 3.61. The molecule has 0 saturated heterocycles. The van der Waals surface area contributed by atoms with Crippen LogP contribution >= 0.6 is 0 Å². The molecule has 1 unspecified atom stereocenters. The lowest BCUT2D eigenvalue weighted by atomic mass is 10.0. The van der Waals surface area contributed by atoms with Gasteiger partial charge < -0.3 is 10.1 Å². The van der Waals surface area contributed by atoms with Crippen molar-refractivity contribution >= 4 is 0 Å². The number of hydrogen-bond donors (Lipinski definition) is 1. The summed E-state index contributed by atoms with van der Waals surface area (Å²) in [6.07, 6.45) is 0.786. The zero-order valence-corrected chi connectivity index (χ0v) is 9.51. The predicted octanol–water partition coefficient (Wildman–Crippen LogP) is 1.91. The summed E-state index contributed by atoms with van der Waals surface area (Å²) in [4.78, 5) is 0. The Morgan fingerprint density at radius 1 is 1.47 bits per heavy atom. The van der Waals surface area contributed by atoms with Gasteiger partial charge in [0.25, 0.3) is 0 Å². The zero-order valence-electron chi connectivity index (χ0n) is 9.51. The van der Waals surface area contributed by atoms with Crippen LogP contribution in [-0.4, -0.2) is 26.8 Å². The van der Waals surface area contributed by atoms with E-state index in [-0.39, 0.29) is 11.9 Å². The van der Waals surface area contributed by atoms with Gasteiger partial charge in [-0.25, -0.2) is 4.39 Å². The van der Waals surface area contributed by atoms with E-state index in [9.17, 15) is 4.39 Å². The molecule has 3 heteroatoms. The van der Waals surface area contributed by atoms with Crippen molar-refractivity contribution in [3.8, 4) is 0 Å². The zero-order chi connectivity index (χ0) is 11.3. The van der Waals surface area contributed by atoms with E-state index >= 15 is 0 Å².